The summed E-state index contributed by atoms with van der Waals surface area (Å²) in [7, 11) is 0. The van der Waals surface area contributed by atoms with Crippen molar-refractivity contribution in [1.29, 1.82) is 5.26 Å². The smallest absolute Gasteiger partial charge is 0.302 e. The van der Waals surface area contributed by atoms with Gasteiger partial charge in [0.1, 0.15) is 12.4 Å². The minimum absolute atomic E-state index is 0.0990. The van der Waals surface area contributed by atoms with Crippen LogP contribution < -0.4 is 9.64 Å². The molecule has 0 bridgehead atoms. The van der Waals surface area contributed by atoms with Crippen LogP contribution >= 0.6 is 0 Å². The highest BCUT2D eigenvalue weighted by atomic mass is 16.8. The minimum Gasteiger partial charge on any atom is -0.489 e. The summed E-state index contributed by atoms with van der Waals surface area (Å²) in [5.41, 5.74) is 1.67. The summed E-state index contributed by atoms with van der Waals surface area (Å²) in [6.07, 6.45) is 0. The van der Waals surface area contributed by atoms with Crippen molar-refractivity contribution in [1.82, 2.24) is 5.16 Å². The van der Waals surface area contributed by atoms with Gasteiger partial charge in [-0.25, -0.2) is 0 Å². The average molecular weight is 293 g/mol. The zero-order chi connectivity index (χ0) is 15.4. The summed E-state index contributed by atoms with van der Waals surface area (Å²) in [5.74, 6) is 0.794. The zero-order valence-corrected chi connectivity index (χ0v) is 11.5. The monoisotopic (exact) mass is 293 g/mol. The van der Waals surface area contributed by atoms with Gasteiger partial charge in [0.15, 0.2) is 6.07 Å². The van der Waals surface area contributed by atoms with Crippen LogP contribution in [0.4, 0.5) is 0 Å². The highest BCUT2D eigenvalue weighted by Crippen LogP contribution is 2.20. The van der Waals surface area contributed by atoms with Gasteiger partial charge in [0.25, 0.3) is 5.69 Å². The normalized spacial score (nSPS) is 10.1. The van der Waals surface area contributed by atoms with Crippen molar-refractivity contribution in [3.63, 3.8) is 0 Å². The van der Waals surface area contributed by atoms with Gasteiger partial charge in [0.05, 0.1) is 0 Å². The van der Waals surface area contributed by atoms with E-state index in [1.165, 1.54) is 0 Å². The van der Waals surface area contributed by atoms with Gasteiger partial charge in [-0.3, -0.25) is 4.63 Å². The molecule has 0 unspecified atom stereocenters. The Morgan fingerprint density at radius 2 is 1.86 bits per heavy atom. The van der Waals surface area contributed by atoms with Crippen molar-refractivity contribution in [2.45, 2.75) is 6.61 Å². The fourth-order valence-electron chi connectivity index (χ4n) is 1.97. The van der Waals surface area contributed by atoms with Gasteiger partial charge in [-0.15, -0.1) is 0 Å². The van der Waals surface area contributed by atoms with Crippen LogP contribution in [0.5, 0.6) is 5.75 Å². The lowest BCUT2D eigenvalue weighted by atomic mass is 10.1. The number of para-hydroxylation sites is 1. The second-order valence-electron chi connectivity index (χ2n) is 4.54. The van der Waals surface area contributed by atoms with Gasteiger partial charge in [0, 0.05) is 10.7 Å². The quantitative estimate of drug-likeness (QED) is 0.689. The number of rotatable bonds is 4. The fourth-order valence-corrected chi connectivity index (χ4v) is 1.97. The Balaban J connectivity index is 1.74. The number of aromatic nitrogens is 2. The van der Waals surface area contributed by atoms with Crippen molar-refractivity contribution in [2.75, 3.05) is 0 Å². The van der Waals surface area contributed by atoms with Crippen molar-refractivity contribution in [3.05, 3.63) is 71.1 Å². The van der Waals surface area contributed by atoms with Crippen LogP contribution in [0.1, 0.15) is 11.3 Å². The second kappa shape index (κ2) is 5.97. The summed E-state index contributed by atoms with van der Waals surface area (Å²) < 4.78 is 10.1. The van der Waals surface area contributed by atoms with Crippen molar-refractivity contribution < 1.29 is 14.3 Å². The van der Waals surface area contributed by atoms with Gasteiger partial charge in [-0.2, -0.15) is 5.26 Å². The molecule has 0 saturated carbocycles. The van der Waals surface area contributed by atoms with E-state index in [1.54, 1.807) is 18.2 Å². The Morgan fingerprint density at radius 3 is 2.55 bits per heavy atom. The minimum atomic E-state index is -0.159. The second-order valence-corrected chi connectivity index (χ2v) is 4.54. The standard InChI is InChI=1S/C16H11N3O3/c17-10-15-16(18-22-19(15)20)13-8-6-12(7-9-13)11-21-14-4-2-1-3-5-14/h1-9H,11H2. The Bertz CT molecular complexity index is 805. The predicted octanol–water partition coefficient (Wildman–Crippen LogP) is 2.43. The topological polar surface area (TPSA) is 86.0 Å². The SMILES string of the molecule is N#Cc1c(-c2ccc(COc3ccccc3)cc2)no[n+]1[O-]. The van der Waals surface area contributed by atoms with Crippen LogP contribution in [-0.2, 0) is 6.61 Å². The molecule has 6 nitrogen and oxygen atoms in total. The molecule has 22 heavy (non-hydrogen) atoms. The Hall–Kier alpha value is -3.33. The van der Waals surface area contributed by atoms with Crippen LogP contribution in [0.3, 0.4) is 0 Å². The maximum Gasteiger partial charge on any atom is 0.302 e. The Kier molecular flexibility index (Phi) is 3.70. The molecule has 0 spiro atoms. The molecule has 0 aliphatic rings. The van der Waals surface area contributed by atoms with Crippen LogP contribution in [0.15, 0.2) is 59.2 Å². The van der Waals surface area contributed by atoms with Crippen LogP contribution in [-0.4, -0.2) is 5.16 Å². The maximum absolute atomic E-state index is 11.2. The molecule has 0 amide bonds. The molecule has 0 aliphatic heterocycles. The van der Waals surface area contributed by atoms with E-state index in [2.05, 4.69) is 9.79 Å². The molecular weight excluding hydrogens is 282 g/mol. The Morgan fingerprint density at radius 1 is 1.14 bits per heavy atom. The molecule has 0 aliphatic carbocycles. The van der Waals surface area contributed by atoms with E-state index in [4.69, 9.17) is 10.00 Å². The molecule has 0 saturated heterocycles. The summed E-state index contributed by atoms with van der Waals surface area (Å²) in [6.45, 7) is 0.426. The lowest BCUT2D eigenvalue weighted by Gasteiger charge is -2.06. The van der Waals surface area contributed by atoms with Gasteiger partial charge >= 0.3 is 5.69 Å². The van der Waals surface area contributed by atoms with E-state index in [1.807, 2.05) is 42.5 Å². The lowest BCUT2D eigenvalue weighted by molar-refractivity contribution is -0.804. The highest BCUT2D eigenvalue weighted by Gasteiger charge is 2.20. The van der Waals surface area contributed by atoms with Crippen molar-refractivity contribution in [3.8, 4) is 23.1 Å². The third-order valence-corrected chi connectivity index (χ3v) is 3.10. The molecule has 0 fully saturated rings. The molecule has 1 heterocycles. The van der Waals surface area contributed by atoms with Crippen molar-refractivity contribution in [2.24, 2.45) is 0 Å². The number of benzene rings is 2. The first-order valence-electron chi connectivity index (χ1n) is 6.55. The largest absolute Gasteiger partial charge is 0.489 e. The molecule has 0 radical (unpaired) electrons. The zero-order valence-electron chi connectivity index (χ0n) is 11.5. The van der Waals surface area contributed by atoms with Crippen molar-refractivity contribution >= 4 is 0 Å². The van der Waals surface area contributed by atoms with E-state index in [-0.39, 0.29) is 16.3 Å². The number of nitrogens with zero attached hydrogens (tertiary/aromatic N) is 3. The first-order chi connectivity index (χ1) is 10.8. The molecule has 0 N–H and O–H groups in total. The van der Waals surface area contributed by atoms with E-state index < -0.39 is 0 Å². The fraction of sp³-hybridized carbons (Fsp3) is 0.0625. The lowest BCUT2D eigenvalue weighted by Crippen LogP contribution is -2.26. The maximum atomic E-state index is 11.2. The molecule has 0 atom stereocenters. The average Bonchev–Trinajstić information content (AvgIpc) is 2.95. The number of hydrogen-bond acceptors (Lipinski definition) is 5. The number of hydrogen-bond donors (Lipinski definition) is 0. The first kappa shape index (κ1) is 13.6. The molecule has 108 valence electrons. The third kappa shape index (κ3) is 2.74. The van der Waals surface area contributed by atoms with Crippen LogP contribution in [0, 0.1) is 16.5 Å². The molecule has 3 aromatic rings. The van der Waals surface area contributed by atoms with E-state index in [0.717, 1.165) is 11.3 Å². The summed E-state index contributed by atoms with van der Waals surface area (Å²) in [5, 5.41) is 23.7. The molecule has 6 heteroatoms. The van der Waals surface area contributed by atoms with Gasteiger partial charge in [-0.05, 0) is 34.7 Å². The Labute approximate surface area is 126 Å². The van der Waals surface area contributed by atoms with Crippen LogP contribution in [0.25, 0.3) is 11.3 Å². The first-order valence-corrected chi connectivity index (χ1v) is 6.55. The number of ether oxygens (including phenoxy) is 1. The summed E-state index contributed by atoms with van der Waals surface area (Å²) >= 11 is 0. The van der Waals surface area contributed by atoms with Gasteiger partial charge in [0.2, 0.25) is 0 Å². The number of nitriles is 1. The third-order valence-electron chi connectivity index (χ3n) is 3.10. The molecule has 3 rings (SSSR count). The van der Waals surface area contributed by atoms with Crippen LogP contribution in [0.2, 0.25) is 0 Å². The molecular formula is C16H11N3O3. The van der Waals surface area contributed by atoms with E-state index >= 15 is 0 Å². The molecule has 1 aromatic heterocycles. The highest BCUT2D eigenvalue weighted by molar-refractivity contribution is 5.62. The van der Waals surface area contributed by atoms with Gasteiger partial charge < -0.3 is 9.94 Å². The van der Waals surface area contributed by atoms with E-state index in [0.29, 0.717) is 12.2 Å². The van der Waals surface area contributed by atoms with E-state index in [9.17, 15) is 5.21 Å². The predicted molar refractivity (Wildman–Crippen MR) is 76.4 cm³/mol. The van der Waals surface area contributed by atoms with Gasteiger partial charge in [-0.1, -0.05) is 30.3 Å². The summed E-state index contributed by atoms with van der Waals surface area (Å²) in [4.78, 5) is 0.0990. The summed E-state index contributed by atoms with van der Waals surface area (Å²) in [6, 6.07) is 18.5. The molecule has 2 aromatic carbocycles.